The highest BCUT2D eigenvalue weighted by Gasteiger charge is 2.19. The van der Waals surface area contributed by atoms with Gasteiger partial charge in [0.05, 0.1) is 34.1 Å². The predicted molar refractivity (Wildman–Crippen MR) is 177 cm³/mol. The second kappa shape index (κ2) is 12.1. The number of carbonyl (C=O) groups is 1. The van der Waals surface area contributed by atoms with Crippen LogP contribution in [-0.4, -0.2) is 68.1 Å². The van der Waals surface area contributed by atoms with Gasteiger partial charge in [-0.25, -0.2) is 14.4 Å². The second-order valence-electron chi connectivity index (χ2n) is 12.7. The molecule has 0 saturated heterocycles. The number of H-pyrrole nitrogens is 2. The molecule has 230 valence electrons. The average Bonchev–Trinajstić information content (AvgIpc) is 3.59. The zero-order chi connectivity index (χ0) is 31.7. The predicted octanol–water partition coefficient (Wildman–Crippen LogP) is 6.72. The minimum Gasteiger partial charge on any atom is -0.384 e. The van der Waals surface area contributed by atoms with Crippen molar-refractivity contribution in [1.29, 1.82) is 0 Å². The van der Waals surface area contributed by atoms with Crippen LogP contribution in [0.15, 0.2) is 67.0 Å². The van der Waals surface area contributed by atoms with Crippen molar-refractivity contribution in [2.24, 2.45) is 5.41 Å². The maximum Gasteiger partial charge on any atom is 0.224 e. The number of pyridine rings is 2. The first-order chi connectivity index (χ1) is 21.5. The van der Waals surface area contributed by atoms with Gasteiger partial charge in [0.25, 0.3) is 0 Å². The van der Waals surface area contributed by atoms with Gasteiger partial charge in [-0.15, -0.1) is 0 Å². The highest BCUT2D eigenvalue weighted by Crippen LogP contribution is 2.33. The smallest absolute Gasteiger partial charge is 0.224 e. The van der Waals surface area contributed by atoms with Crippen molar-refractivity contribution in [3.05, 3.63) is 72.8 Å². The number of aromatic nitrogens is 6. The molecule has 0 bridgehead atoms. The summed E-state index contributed by atoms with van der Waals surface area (Å²) in [5.41, 5.74) is 7.58. The lowest BCUT2D eigenvalue weighted by Gasteiger charge is -2.17. The molecule has 0 aliphatic rings. The van der Waals surface area contributed by atoms with Gasteiger partial charge in [-0.2, -0.15) is 5.10 Å². The van der Waals surface area contributed by atoms with Crippen molar-refractivity contribution < 1.29 is 9.18 Å². The van der Waals surface area contributed by atoms with Crippen molar-refractivity contribution in [1.82, 2.24) is 35.0 Å². The summed E-state index contributed by atoms with van der Waals surface area (Å²) in [6.45, 7) is 7.59. The molecule has 0 aliphatic heterocycles. The van der Waals surface area contributed by atoms with E-state index in [1.165, 1.54) is 12.1 Å². The zero-order valence-corrected chi connectivity index (χ0v) is 26.0. The number of benzene rings is 2. The maximum atomic E-state index is 14.7. The van der Waals surface area contributed by atoms with E-state index in [-0.39, 0.29) is 17.1 Å². The van der Waals surface area contributed by atoms with Crippen molar-refractivity contribution in [2.45, 2.75) is 27.2 Å². The molecule has 10 nitrogen and oxygen atoms in total. The number of nitrogens with zero attached hydrogens (tertiary/aromatic N) is 5. The van der Waals surface area contributed by atoms with Gasteiger partial charge in [0, 0.05) is 42.5 Å². The third-order valence-corrected chi connectivity index (χ3v) is 7.25. The second-order valence-corrected chi connectivity index (χ2v) is 12.7. The van der Waals surface area contributed by atoms with Gasteiger partial charge in [-0.05, 0) is 67.5 Å². The van der Waals surface area contributed by atoms with Crippen LogP contribution in [0, 0.1) is 11.2 Å². The van der Waals surface area contributed by atoms with Crippen LogP contribution in [0.2, 0.25) is 0 Å². The lowest BCUT2D eigenvalue weighted by molar-refractivity contribution is -0.117. The van der Waals surface area contributed by atoms with Gasteiger partial charge >= 0.3 is 0 Å². The SMILES string of the molecule is CN(C)CCNc1cc(F)cc(-c2cccc3[nH]c(-c4n[nH]c5ccc(-c6cncc(NC(=O)CC(C)(C)C)c6)nc45)nc23)c1. The Balaban J connectivity index is 1.33. The number of nitrogens with one attached hydrogen (secondary N) is 4. The van der Waals surface area contributed by atoms with Crippen LogP contribution in [-0.2, 0) is 4.79 Å². The van der Waals surface area contributed by atoms with Crippen LogP contribution >= 0.6 is 0 Å². The topological polar surface area (TPSA) is 128 Å². The van der Waals surface area contributed by atoms with E-state index in [0.717, 1.165) is 34.3 Å². The number of rotatable bonds is 9. The number of para-hydroxylation sites is 1. The normalized spacial score (nSPS) is 11.9. The fourth-order valence-electron chi connectivity index (χ4n) is 5.21. The molecule has 6 rings (SSSR count). The van der Waals surface area contributed by atoms with Crippen LogP contribution in [0.25, 0.3) is 56.0 Å². The molecule has 0 aliphatic carbocycles. The number of carbonyl (C=O) groups excluding carboxylic acids is 1. The zero-order valence-electron chi connectivity index (χ0n) is 26.0. The van der Waals surface area contributed by atoms with Crippen molar-refractivity contribution >= 4 is 39.3 Å². The maximum absolute atomic E-state index is 14.7. The van der Waals surface area contributed by atoms with E-state index in [1.54, 1.807) is 12.4 Å². The van der Waals surface area contributed by atoms with E-state index >= 15 is 0 Å². The molecular formula is C34H36FN9O. The van der Waals surface area contributed by atoms with Gasteiger partial charge in [-0.1, -0.05) is 32.9 Å². The molecule has 0 radical (unpaired) electrons. The first-order valence-electron chi connectivity index (χ1n) is 14.8. The summed E-state index contributed by atoms with van der Waals surface area (Å²) in [4.78, 5) is 32.1. The Hall–Kier alpha value is -5.16. The number of fused-ring (bicyclic) bond motifs is 2. The van der Waals surface area contributed by atoms with E-state index in [0.29, 0.717) is 52.6 Å². The van der Waals surface area contributed by atoms with Crippen LogP contribution < -0.4 is 10.6 Å². The molecule has 4 N–H and O–H groups in total. The molecule has 4 heterocycles. The Bertz CT molecular complexity index is 2000. The van der Waals surface area contributed by atoms with E-state index < -0.39 is 0 Å². The Morgan fingerprint density at radius 1 is 0.933 bits per heavy atom. The molecule has 0 saturated carbocycles. The van der Waals surface area contributed by atoms with Crippen LogP contribution in [0.1, 0.15) is 27.2 Å². The molecule has 1 amide bonds. The molecular weight excluding hydrogens is 569 g/mol. The molecule has 2 aromatic carbocycles. The summed E-state index contributed by atoms with van der Waals surface area (Å²) in [5, 5.41) is 13.8. The van der Waals surface area contributed by atoms with E-state index in [4.69, 9.17) is 9.97 Å². The summed E-state index contributed by atoms with van der Waals surface area (Å²) < 4.78 is 14.7. The Labute approximate surface area is 260 Å². The van der Waals surface area contributed by atoms with Crippen LogP contribution in [0.3, 0.4) is 0 Å². The number of hydrogen-bond acceptors (Lipinski definition) is 7. The molecule has 45 heavy (non-hydrogen) atoms. The third-order valence-electron chi connectivity index (χ3n) is 7.25. The molecule has 0 atom stereocenters. The van der Waals surface area contributed by atoms with Crippen molar-refractivity contribution in [3.8, 4) is 33.9 Å². The summed E-state index contributed by atoms with van der Waals surface area (Å²) >= 11 is 0. The number of anilines is 2. The largest absolute Gasteiger partial charge is 0.384 e. The Morgan fingerprint density at radius 2 is 1.76 bits per heavy atom. The molecule has 0 fully saturated rings. The average molecular weight is 606 g/mol. The van der Waals surface area contributed by atoms with Gasteiger partial charge in [0.1, 0.15) is 11.3 Å². The summed E-state index contributed by atoms with van der Waals surface area (Å²) in [7, 11) is 4.00. The first-order valence-corrected chi connectivity index (χ1v) is 14.8. The number of hydrogen-bond donors (Lipinski definition) is 4. The summed E-state index contributed by atoms with van der Waals surface area (Å²) in [5.74, 6) is 0.145. The summed E-state index contributed by atoms with van der Waals surface area (Å²) in [6, 6.07) is 16.4. The standard InChI is InChI=1S/C34H36FN9O/c1-34(2,3)17-29(45)38-24-15-21(18-36-19-24)26-9-10-28-31(39-26)32(43-42-28)33-40-27-8-6-7-25(30(27)41-33)20-13-22(35)16-23(14-20)37-11-12-44(4)5/h6-10,13-16,18-19,37H,11-12,17H2,1-5H3,(H,38,45)(H,40,41)(H,42,43). The van der Waals surface area contributed by atoms with E-state index in [1.807, 2.05) is 77.3 Å². The minimum absolute atomic E-state index is 0.0682. The molecule has 6 aromatic rings. The van der Waals surface area contributed by atoms with Crippen LogP contribution in [0.4, 0.5) is 15.8 Å². The Morgan fingerprint density at radius 3 is 2.56 bits per heavy atom. The fourth-order valence-corrected chi connectivity index (χ4v) is 5.21. The number of amides is 1. The van der Waals surface area contributed by atoms with Gasteiger partial charge in [0.15, 0.2) is 11.5 Å². The Kier molecular flexibility index (Phi) is 8.03. The molecule has 4 aromatic heterocycles. The molecule has 0 unspecified atom stereocenters. The number of imidazole rings is 1. The van der Waals surface area contributed by atoms with E-state index in [2.05, 4.69) is 35.7 Å². The number of likely N-dealkylation sites (N-methyl/N-ethyl adjacent to an activating group) is 1. The lowest BCUT2D eigenvalue weighted by atomic mass is 9.92. The number of halogens is 1. The minimum atomic E-state index is -0.324. The highest BCUT2D eigenvalue weighted by molar-refractivity contribution is 5.97. The third kappa shape index (κ3) is 6.83. The van der Waals surface area contributed by atoms with Crippen LogP contribution in [0.5, 0.6) is 0 Å². The van der Waals surface area contributed by atoms with E-state index in [9.17, 15) is 9.18 Å². The quantitative estimate of drug-likeness (QED) is 0.144. The van der Waals surface area contributed by atoms with Gasteiger partial charge in [-0.3, -0.25) is 14.9 Å². The summed E-state index contributed by atoms with van der Waals surface area (Å²) in [6.07, 6.45) is 3.73. The number of aromatic amines is 2. The first kappa shape index (κ1) is 29.9. The fraction of sp³-hybridized carbons (Fsp3) is 0.265. The molecule has 11 heteroatoms. The molecule has 0 spiro atoms. The highest BCUT2D eigenvalue weighted by atomic mass is 19.1. The lowest BCUT2D eigenvalue weighted by Crippen LogP contribution is -2.20. The van der Waals surface area contributed by atoms with Crippen molar-refractivity contribution in [3.63, 3.8) is 0 Å². The van der Waals surface area contributed by atoms with Gasteiger partial charge in [0.2, 0.25) is 5.91 Å². The van der Waals surface area contributed by atoms with Gasteiger partial charge < -0.3 is 20.5 Å². The monoisotopic (exact) mass is 605 g/mol. The van der Waals surface area contributed by atoms with Crippen molar-refractivity contribution in [2.75, 3.05) is 37.8 Å².